The molecule has 2 unspecified atom stereocenters. The van der Waals surface area contributed by atoms with Crippen LogP contribution in [0.25, 0.3) is 0 Å². The normalized spacial score (nSPS) is 15.4. The molecule has 0 saturated carbocycles. The Morgan fingerprint density at radius 1 is 1.25 bits per heavy atom. The molecule has 2 atom stereocenters. The van der Waals surface area contributed by atoms with Crippen molar-refractivity contribution in [2.45, 2.75) is 33.6 Å². The average molecular weight is 223 g/mol. The predicted molar refractivity (Wildman–Crippen MR) is 68.5 cm³/mol. The first kappa shape index (κ1) is 13.2. The number of nitrogens with zero attached hydrogens (tertiary/aromatic N) is 2. The second-order valence-corrected chi connectivity index (χ2v) is 5.21. The first-order valence-electron chi connectivity index (χ1n) is 6.20. The van der Waals surface area contributed by atoms with Gasteiger partial charge in [-0.15, -0.1) is 0 Å². The zero-order chi connectivity index (χ0) is 12.1. The molecule has 0 aliphatic heterocycles. The van der Waals surface area contributed by atoms with Gasteiger partial charge in [-0.1, -0.05) is 27.7 Å². The lowest BCUT2D eigenvalue weighted by molar-refractivity contribution is 0.412. The molecule has 3 nitrogen and oxygen atoms in total. The maximum Gasteiger partial charge on any atom is 0.111 e. The summed E-state index contributed by atoms with van der Waals surface area (Å²) in [6, 6.07) is 0. The van der Waals surface area contributed by atoms with E-state index in [1.54, 1.807) is 0 Å². The third-order valence-corrected chi connectivity index (χ3v) is 3.14. The van der Waals surface area contributed by atoms with E-state index in [1.807, 2.05) is 12.4 Å². The Kier molecular flexibility index (Phi) is 5.00. The standard InChI is InChI=1S/C13H25N3/c1-10(2)8-14-9-11(3)12(4)13-15-6-7-16(13)5/h6-7,10-12,14H,8-9H2,1-5H3. The Hall–Kier alpha value is -0.830. The molecular weight excluding hydrogens is 198 g/mol. The molecule has 92 valence electrons. The molecule has 0 bridgehead atoms. The van der Waals surface area contributed by atoms with E-state index in [0.29, 0.717) is 11.8 Å². The highest BCUT2D eigenvalue weighted by Gasteiger charge is 2.17. The average Bonchev–Trinajstić information content (AvgIpc) is 2.62. The summed E-state index contributed by atoms with van der Waals surface area (Å²) in [7, 11) is 2.06. The SMILES string of the molecule is CC(C)CNCC(C)C(C)c1nccn1C. The van der Waals surface area contributed by atoms with E-state index < -0.39 is 0 Å². The molecule has 0 radical (unpaired) electrons. The maximum absolute atomic E-state index is 4.42. The van der Waals surface area contributed by atoms with E-state index in [2.05, 4.69) is 49.6 Å². The van der Waals surface area contributed by atoms with Gasteiger partial charge in [-0.3, -0.25) is 0 Å². The molecule has 1 rings (SSSR count). The number of aryl methyl sites for hydroxylation is 1. The number of rotatable bonds is 6. The zero-order valence-corrected chi connectivity index (χ0v) is 11.2. The van der Waals surface area contributed by atoms with Gasteiger partial charge < -0.3 is 9.88 Å². The van der Waals surface area contributed by atoms with Crippen molar-refractivity contribution in [1.82, 2.24) is 14.9 Å². The van der Waals surface area contributed by atoms with Crippen LogP contribution < -0.4 is 5.32 Å². The molecule has 0 aliphatic rings. The summed E-state index contributed by atoms with van der Waals surface area (Å²) < 4.78 is 2.11. The summed E-state index contributed by atoms with van der Waals surface area (Å²) in [5.41, 5.74) is 0. The summed E-state index contributed by atoms with van der Waals surface area (Å²) in [5.74, 6) is 3.01. The number of hydrogen-bond donors (Lipinski definition) is 1. The topological polar surface area (TPSA) is 29.9 Å². The second-order valence-electron chi connectivity index (χ2n) is 5.21. The van der Waals surface area contributed by atoms with E-state index in [4.69, 9.17) is 0 Å². The molecule has 0 amide bonds. The second kappa shape index (κ2) is 6.04. The van der Waals surface area contributed by atoms with Gasteiger partial charge in [0.2, 0.25) is 0 Å². The van der Waals surface area contributed by atoms with Crippen LogP contribution in [0.15, 0.2) is 12.4 Å². The lowest BCUT2D eigenvalue weighted by atomic mass is 9.95. The zero-order valence-electron chi connectivity index (χ0n) is 11.2. The molecule has 1 aromatic heterocycles. The van der Waals surface area contributed by atoms with Crippen LogP contribution >= 0.6 is 0 Å². The number of imidazole rings is 1. The minimum atomic E-state index is 0.500. The van der Waals surface area contributed by atoms with Crippen molar-refractivity contribution < 1.29 is 0 Å². The molecule has 0 aliphatic carbocycles. The monoisotopic (exact) mass is 223 g/mol. The van der Waals surface area contributed by atoms with Gasteiger partial charge >= 0.3 is 0 Å². The lowest BCUT2D eigenvalue weighted by Gasteiger charge is -2.20. The van der Waals surface area contributed by atoms with Gasteiger partial charge in [0.1, 0.15) is 5.82 Å². The molecule has 0 aromatic carbocycles. The van der Waals surface area contributed by atoms with Crippen molar-refractivity contribution in [1.29, 1.82) is 0 Å². The van der Waals surface area contributed by atoms with Crippen LogP contribution in [0.4, 0.5) is 0 Å². The van der Waals surface area contributed by atoms with E-state index >= 15 is 0 Å². The van der Waals surface area contributed by atoms with Crippen LogP contribution in [0, 0.1) is 11.8 Å². The third-order valence-electron chi connectivity index (χ3n) is 3.14. The van der Waals surface area contributed by atoms with Gasteiger partial charge in [0.05, 0.1) is 0 Å². The molecular formula is C13H25N3. The molecule has 3 heteroatoms. The quantitative estimate of drug-likeness (QED) is 0.802. The number of hydrogen-bond acceptors (Lipinski definition) is 2. The minimum Gasteiger partial charge on any atom is -0.338 e. The fraction of sp³-hybridized carbons (Fsp3) is 0.769. The smallest absolute Gasteiger partial charge is 0.111 e. The van der Waals surface area contributed by atoms with Crippen LogP contribution in [-0.2, 0) is 7.05 Å². The Bertz CT molecular complexity index is 304. The van der Waals surface area contributed by atoms with Crippen molar-refractivity contribution in [2.24, 2.45) is 18.9 Å². The summed E-state index contributed by atoms with van der Waals surface area (Å²) in [6.07, 6.45) is 3.89. The van der Waals surface area contributed by atoms with Crippen molar-refractivity contribution >= 4 is 0 Å². The molecule has 1 aromatic rings. The van der Waals surface area contributed by atoms with Crippen LogP contribution in [0.5, 0.6) is 0 Å². The van der Waals surface area contributed by atoms with E-state index in [1.165, 1.54) is 5.82 Å². The molecule has 0 spiro atoms. The largest absolute Gasteiger partial charge is 0.338 e. The first-order valence-corrected chi connectivity index (χ1v) is 6.20. The van der Waals surface area contributed by atoms with Crippen LogP contribution in [0.3, 0.4) is 0 Å². The van der Waals surface area contributed by atoms with E-state index in [-0.39, 0.29) is 0 Å². The highest BCUT2D eigenvalue weighted by molar-refractivity contribution is 5.00. The van der Waals surface area contributed by atoms with Crippen molar-refractivity contribution in [2.75, 3.05) is 13.1 Å². The fourth-order valence-corrected chi connectivity index (χ4v) is 1.85. The van der Waals surface area contributed by atoms with Crippen LogP contribution in [-0.4, -0.2) is 22.6 Å². The molecule has 16 heavy (non-hydrogen) atoms. The summed E-state index contributed by atoms with van der Waals surface area (Å²) in [6.45, 7) is 11.2. The van der Waals surface area contributed by atoms with Gasteiger partial charge in [0.15, 0.2) is 0 Å². The summed E-state index contributed by atoms with van der Waals surface area (Å²) in [5, 5.41) is 3.51. The molecule has 1 N–H and O–H groups in total. The van der Waals surface area contributed by atoms with Gasteiger partial charge in [0, 0.05) is 25.4 Å². The first-order chi connectivity index (χ1) is 7.52. The molecule has 1 heterocycles. The van der Waals surface area contributed by atoms with Gasteiger partial charge in [0.25, 0.3) is 0 Å². The Morgan fingerprint density at radius 2 is 1.94 bits per heavy atom. The van der Waals surface area contributed by atoms with Gasteiger partial charge in [-0.25, -0.2) is 4.98 Å². The number of nitrogens with one attached hydrogen (secondary N) is 1. The Balaban J connectivity index is 2.42. The third kappa shape index (κ3) is 3.63. The molecule has 0 fully saturated rings. The van der Waals surface area contributed by atoms with Crippen molar-refractivity contribution in [3.63, 3.8) is 0 Å². The molecule has 0 saturated heterocycles. The highest BCUT2D eigenvalue weighted by atomic mass is 15.0. The lowest BCUT2D eigenvalue weighted by Crippen LogP contribution is -2.28. The van der Waals surface area contributed by atoms with Crippen LogP contribution in [0.2, 0.25) is 0 Å². The Morgan fingerprint density at radius 3 is 2.44 bits per heavy atom. The predicted octanol–water partition coefficient (Wildman–Crippen LogP) is 2.41. The van der Waals surface area contributed by atoms with Crippen molar-refractivity contribution in [3.05, 3.63) is 18.2 Å². The minimum absolute atomic E-state index is 0.500. The number of aromatic nitrogens is 2. The van der Waals surface area contributed by atoms with E-state index in [0.717, 1.165) is 19.0 Å². The Labute approximate surface area is 99.3 Å². The fourth-order valence-electron chi connectivity index (χ4n) is 1.85. The summed E-state index contributed by atoms with van der Waals surface area (Å²) in [4.78, 5) is 4.42. The van der Waals surface area contributed by atoms with Crippen LogP contribution in [0.1, 0.15) is 39.4 Å². The van der Waals surface area contributed by atoms with E-state index in [9.17, 15) is 0 Å². The summed E-state index contributed by atoms with van der Waals surface area (Å²) >= 11 is 0. The van der Waals surface area contributed by atoms with Crippen molar-refractivity contribution in [3.8, 4) is 0 Å². The maximum atomic E-state index is 4.42. The van der Waals surface area contributed by atoms with Gasteiger partial charge in [-0.2, -0.15) is 0 Å². The highest BCUT2D eigenvalue weighted by Crippen LogP contribution is 2.21. The van der Waals surface area contributed by atoms with Gasteiger partial charge in [-0.05, 0) is 24.9 Å².